The van der Waals surface area contributed by atoms with E-state index in [9.17, 15) is 4.57 Å². The van der Waals surface area contributed by atoms with Crippen LogP contribution in [0.2, 0.25) is 0 Å². The van der Waals surface area contributed by atoms with Crippen LogP contribution in [0.15, 0.2) is 38.0 Å². The van der Waals surface area contributed by atoms with Crippen LogP contribution in [0.3, 0.4) is 0 Å². The van der Waals surface area contributed by atoms with Gasteiger partial charge in [-0.25, -0.2) is 0 Å². The van der Waals surface area contributed by atoms with Crippen LogP contribution in [-0.4, -0.2) is 17.8 Å². The van der Waals surface area contributed by atoms with Gasteiger partial charge in [0.2, 0.25) is 0 Å². The molecule has 0 aliphatic heterocycles. The molecule has 0 aromatic heterocycles. The summed E-state index contributed by atoms with van der Waals surface area (Å²) in [6.07, 6.45) is 4.65. The molecular formula is C9H14BrO3P. The zero-order valence-corrected chi connectivity index (χ0v) is 10.4. The van der Waals surface area contributed by atoms with Crippen molar-refractivity contribution in [1.82, 2.24) is 0 Å². The molecule has 14 heavy (non-hydrogen) atoms. The Balaban J connectivity index is 4.36. The lowest BCUT2D eigenvalue weighted by atomic mass is 10.7. The molecule has 2 atom stereocenters. The van der Waals surface area contributed by atoms with Crippen LogP contribution in [-0.2, 0) is 13.6 Å². The molecule has 2 unspecified atom stereocenters. The summed E-state index contributed by atoms with van der Waals surface area (Å²) in [5.74, 6) is 0. The fraction of sp³-hybridized carbons (Fsp3) is 0.333. The Hall–Kier alpha value is -0.150. The minimum Gasteiger partial charge on any atom is -0.304 e. The highest BCUT2D eigenvalue weighted by Gasteiger charge is 2.24. The van der Waals surface area contributed by atoms with Crippen LogP contribution in [0.25, 0.3) is 0 Å². The van der Waals surface area contributed by atoms with E-state index in [4.69, 9.17) is 9.05 Å². The van der Waals surface area contributed by atoms with Crippen molar-refractivity contribution >= 4 is 23.5 Å². The third kappa shape index (κ3) is 5.55. The molecule has 0 aliphatic carbocycles. The van der Waals surface area contributed by atoms with Crippen molar-refractivity contribution < 1.29 is 13.6 Å². The molecule has 0 aromatic rings. The van der Waals surface area contributed by atoms with Gasteiger partial charge in [-0.15, -0.1) is 13.2 Å². The molecular weight excluding hydrogens is 267 g/mol. The first kappa shape index (κ1) is 13.8. The van der Waals surface area contributed by atoms with Gasteiger partial charge in [-0.05, 0) is 0 Å². The first-order valence-corrected chi connectivity index (χ1v) is 6.62. The highest BCUT2D eigenvalue weighted by atomic mass is 79.9. The largest absolute Gasteiger partial charge is 0.336 e. The van der Waals surface area contributed by atoms with Gasteiger partial charge in [0.15, 0.2) is 0 Å². The Morgan fingerprint density at radius 1 is 1.36 bits per heavy atom. The van der Waals surface area contributed by atoms with Crippen LogP contribution in [0.5, 0.6) is 0 Å². The van der Waals surface area contributed by atoms with E-state index in [0.717, 1.165) is 0 Å². The number of hydrogen-bond donors (Lipinski definition) is 0. The standard InChI is InChI=1S/C9H14BrO3P/c1-4-7-12-14(11,8-5-2)13-9(10)6-3/h4-6,9H,1-3,7-8H2. The molecule has 0 rings (SSSR count). The minimum absolute atomic E-state index is 0.163. The molecule has 0 fully saturated rings. The van der Waals surface area contributed by atoms with Gasteiger partial charge in [0.1, 0.15) is 5.01 Å². The predicted molar refractivity (Wildman–Crippen MR) is 62.8 cm³/mol. The molecule has 0 radical (unpaired) electrons. The number of rotatable bonds is 8. The minimum atomic E-state index is -3.12. The molecule has 80 valence electrons. The van der Waals surface area contributed by atoms with Gasteiger partial charge in [-0.2, -0.15) is 0 Å². The van der Waals surface area contributed by atoms with Gasteiger partial charge < -0.3 is 4.52 Å². The van der Waals surface area contributed by atoms with E-state index in [1.807, 2.05) is 0 Å². The Bertz CT molecular complexity index is 252. The summed E-state index contributed by atoms with van der Waals surface area (Å²) < 4.78 is 22.1. The van der Waals surface area contributed by atoms with Crippen molar-refractivity contribution in [3.63, 3.8) is 0 Å². The number of hydrogen-bond acceptors (Lipinski definition) is 3. The summed E-state index contributed by atoms with van der Waals surface area (Å²) in [6, 6.07) is 0. The molecule has 0 saturated carbocycles. The third-order valence-corrected chi connectivity index (χ3v) is 3.83. The zero-order valence-electron chi connectivity index (χ0n) is 7.89. The second-order valence-corrected chi connectivity index (χ2v) is 5.32. The van der Waals surface area contributed by atoms with Crippen molar-refractivity contribution in [3.8, 4) is 0 Å². The molecule has 0 bridgehead atoms. The van der Waals surface area contributed by atoms with E-state index >= 15 is 0 Å². The van der Waals surface area contributed by atoms with Crippen LogP contribution in [0.4, 0.5) is 0 Å². The van der Waals surface area contributed by atoms with Crippen molar-refractivity contribution in [1.29, 1.82) is 0 Å². The van der Waals surface area contributed by atoms with Crippen molar-refractivity contribution in [3.05, 3.63) is 38.0 Å². The average molecular weight is 281 g/mol. The summed E-state index contributed by atoms with van der Waals surface area (Å²) in [6.45, 7) is 10.6. The topological polar surface area (TPSA) is 35.5 Å². The van der Waals surface area contributed by atoms with Crippen LogP contribution in [0.1, 0.15) is 0 Å². The van der Waals surface area contributed by atoms with Crippen LogP contribution in [0, 0.1) is 0 Å². The lowest BCUT2D eigenvalue weighted by Gasteiger charge is -2.17. The summed E-state index contributed by atoms with van der Waals surface area (Å²) >= 11 is 3.12. The van der Waals surface area contributed by atoms with Crippen LogP contribution >= 0.6 is 23.5 Å². The monoisotopic (exact) mass is 280 g/mol. The summed E-state index contributed by atoms with van der Waals surface area (Å²) in [7, 11) is -3.12. The van der Waals surface area contributed by atoms with Crippen LogP contribution < -0.4 is 0 Å². The fourth-order valence-electron chi connectivity index (χ4n) is 0.647. The van der Waals surface area contributed by atoms with Gasteiger partial charge in [0.05, 0.1) is 12.8 Å². The van der Waals surface area contributed by atoms with E-state index in [1.165, 1.54) is 18.2 Å². The van der Waals surface area contributed by atoms with Gasteiger partial charge >= 0.3 is 7.60 Å². The molecule has 0 saturated heterocycles. The maximum absolute atomic E-state index is 11.9. The Morgan fingerprint density at radius 2 is 2.00 bits per heavy atom. The highest BCUT2D eigenvalue weighted by Crippen LogP contribution is 2.50. The van der Waals surface area contributed by atoms with Crippen molar-refractivity contribution in [2.75, 3.05) is 12.8 Å². The summed E-state index contributed by atoms with van der Waals surface area (Å²) in [5, 5.41) is -0.488. The Kier molecular flexibility index (Phi) is 7.11. The summed E-state index contributed by atoms with van der Waals surface area (Å²) in [5.41, 5.74) is 0. The zero-order chi connectivity index (χ0) is 11.0. The van der Waals surface area contributed by atoms with Gasteiger partial charge in [0.25, 0.3) is 0 Å². The third-order valence-electron chi connectivity index (χ3n) is 1.19. The van der Waals surface area contributed by atoms with Gasteiger partial charge in [-0.1, -0.05) is 40.7 Å². The number of allylic oxidation sites excluding steroid dienone is 1. The van der Waals surface area contributed by atoms with E-state index in [0.29, 0.717) is 0 Å². The molecule has 0 heterocycles. The molecule has 0 N–H and O–H groups in total. The fourth-order valence-corrected chi connectivity index (χ4v) is 2.71. The highest BCUT2D eigenvalue weighted by molar-refractivity contribution is 9.09. The average Bonchev–Trinajstić information content (AvgIpc) is 2.15. The number of halogens is 1. The van der Waals surface area contributed by atoms with Crippen molar-refractivity contribution in [2.24, 2.45) is 0 Å². The van der Waals surface area contributed by atoms with E-state index in [1.54, 1.807) is 0 Å². The number of alkyl halides is 1. The molecule has 0 aromatic carbocycles. The maximum Gasteiger partial charge on any atom is 0.336 e. The van der Waals surface area contributed by atoms with Gasteiger partial charge in [-0.3, -0.25) is 9.09 Å². The molecule has 5 heteroatoms. The quantitative estimate of drug-likeness (QED) is 0.388. The van der Waals surface area contributed by atoms with Gasteiger partial charge in [0, 0.05) is 0 Å². The molecule has 0 amide bonds. The lowest BCUT2D eigenvalue weighted by molar-refractivity contribution is 0.229. The summed E-state index contributed by atoms with van der Waals surface area (Å²) in [4.78, 5) is 0. The SMILES string of the molecule is C=CCOP(=O)(CC=C)OC(Br)C=C. The lowest BCUT2D eigenvalue weighted by Crippen LogP contribution is -2.04. The van der Waals surface area contributed by atoms with E-state index < -0.39 is 12.6 Å². The second-order valence-electron chi connectivity index (χ2n) is 2.36. The van der Waals surface area contributed by atoms with Crippen molar-refractivity contribution in [2.45, 2.75) is 5.01 Å². The second kappa shape index (κ2) is 7.18. The smallest absolute Gasteiger partial charge is 0.304 e. The first-order valence-electron chi connectivity index (χ1n) is 3.98. The van der Waals surface area contributed by atoms with E-state index in [-0.39, 0.29) is 12.8 Å². The molecule has 0 spiro atoms. The normalized spacial score (nSPS) is 16.6. The first-order chi connectivity index (χ1) is 6.58. The Morgan fingerprint density at radius 3 is 2.43 bits per heavy atom. The molecule has 0 aliphatic rings. The molecule has 3 nitrogen and oxygen atoms in total. The Labute approximate surface area is 93.1 Å². The van der Waals surface area contributed by atoms with E-state index in [2.05, 4.69) is 35.7 Å². The maximum atomic E-state index is 11.9. The predicted octanol–water partition coefficient (Wildman–Crippen LogP) is 3.49.